The van der Waals surface area contributed by atoms with Gasteiger partial charge in [-0.1, -0.05) is 68.2 Å². The molecule has 0 unspecified atom stereocenters. The summed E-state index contributed by atoms with van der Waals surface area (Å²) in [5.41, 5.74) is 2.41. The van der Waals surface area contributed by atoms with Gasteiger partial charge in [0.2, 0.25) is 15.9 Å². The summed E-state index contributed by atoms with van der Waals surface area (Å²) in [6, 6.07) is 12.1. The number of hydrogen-bond donors (Lipinski definition) is 1. The number of amides is 1. The van der Waals surface area contributed by atoms with Crippen molar-refractivity contribution < 1.29 is 13.2 Å². The van der Waals surface area contributed by atoms with Gasteiger partial charge in [0.25, 0.3) is 0 Å². The summed E-state index contributed by atoms with van der Waals surface area (Å²) in [6.45, 7) is 7.88. The van der Waals surface area contributed by atoms with Crippen molar-refractivity contribution >= 4 is 44.8 Å². The third kappa shape index (κ3) is 6.63. The lowest BCUT2D eigenvalue weighted by molar-refractivity contribution is -0.120. The normalized spacial score (nSPS) is 13.1. The van der Waals surface area contributed by atoms with Crippen LogP contribution in [0.3, 0.4) is 0 Å². The van der Waals surface area contributed by atoms with Gasteiger partial charge in [-0.25, -0.2) is 8.42 Å². The molecule has 0 radical (unpaired) electrons. The number of sulfonamides is 1. The summed E-state index contributed by atoms with van der Waals surface area (Å²) in [4.78, 5) is 12.6. The number of rotatable bonds is 6. The van der Waals surface area contributed by atoms with Crippen molar-refractivity contribution in [3.05, 3.63) is 63.6 Å². The van der Waals surface area contributed by atoms with Gasteiger partial charge < -0.3 is 5.32 Å². The van der Waals surface area contributed by atoms with E-state index in [4.69, 9.17) is 23.2 Å². The Kier molecular flexibility index (Phi) is 7.25. The van der Waals surface area contributed by atoms with E-state index in [9.17, 15) is 13.2 Å². The zero-order valence-electron chi connectivity index (χ0n) is 17.2. The van der Waals surface area contributed by atoms with Gasteiger partial charge >= 0.3 is 0 Å². The van der Waals surface area contributed by atoms with Crippen LogP contribution in [0.25, 0.3) is 0 Å². The standard InChI is InChI=1S/C21H26Cl2N2O3S/c1-14(15-6-8-16(9-7-15)21(2,3)4)24-20(26)13-25(29(5,27)28)19-11-17(22)10-18(23)12-19/h6-12,14H,13H2,1-5H3,(H,24,26)/t14-/m1/s1. The number of carbonyl (C=O) groups is 1. The molecule has 158 valence electrons. The fourth-order valence-corrected chi connectivity index (χ4v) is 4.21. The smallest absolute Gasteiger partial charge is 0.241 e. The van der Waals surface area contributed by atoms with E-state index in [1.807, 2.05) is 31.2 Å². The Morgan fingerprint density at radius 2 is 1.59 bits per heavy atom. The van der Waals surface area contributed by atoms with Gasteiger partial charge in [-0.3, -0.25) is 9.10 Å². The van der Waals surface area contributed by atoms with E-state index in [1.54, 1.807) is 0 Å². The third-order valence-electron chi connectivity index (χ3n) is 4.48. The first kappa shape index (κ1) is 23.5. The van der Waals surface area contributed by atoms with Crippen molar-refractivity contribution in [2.75, 3.05) is 17.1 Å². The number of halogens is 2. The van der Waals surface area contributed by atoms with Crippen molar-refractivity contribution in [2.45, 2.75) is 39.2 Å². The maximum Gasteiger partial charge on any atom is 0.241 e. The van der Waals surface area contributed by atoms with E-state index in [-0.39, 0.29) is 33.7 Å². The van der Waals surface area contributed by atoms with Crippen molar-refractivity contribution in [1.29, 1.82) is 0 Å². The predicted octanol–water partition coefficient (Wildman–Crippen LogP) is 4.93. The fourth-order valence-electron chi connectivity index (χ4n) is 2.86. The lowest BCUT2D eigenvalue weighted by Gasteiger charge is -2.24. The van der Waals surface area contributed by atoms with Crippen LogP contribution < -0.4 is 9.62 Å². The Balaban J connectivity index is 2.16. The summed E-state index contributed by atoms with van der Waals surface area (Å²) in [5, 5.41) is 3.42. The molecule has 0 saturated carbocycles. The van der Waals surface area contributed by atoms with Gasteiger partial charge in [0.05, 0.1) is 18.0 Å². The zero-order chi connectivity index (χ0) is 22.0. The SMILES string of the molecule is C[C@@H](NC(=O)CN(c1cc(Cl)cc(Cl)c1)S(C)(=O)=O)c1ccc(C(C)(C)C)cc1. The summed E-state index contributed by atoms with van der Waals surface area (Å²) >= 11 is 12.0. The van der Waals surface area contributed by atoms with Crippen LogP contribution in [0.4, 0.5) is 5.69 Å². The quantitative estimate of drug-likeness (QED) is 0.669. The van der Waals surface area contributed by atoms with E-state index in [1.165, 1.54) is 23.8 Å². The lowest BCUT2D eigenvalue weighted by atomic mass is 9.86. The average molecular weight is 457 g/mol. The molecule has 0 aromatic heterocycles. The second-order valence-electron chi connectivity index (χ2n) is 8.06. The van der Waals surface area contributed by atoms with E-state index >= 15 is 0 Å². The van der Waals surface area contributed by atoms with Crippen LogP contribution in [0.2, 0.25) is 10.0 Å². The van der Waals surface area contributed by atoms with E-state index in [0.29, 0.717) is 0 Å². The first-order chi connectivity index (χ1) is 13.3. The summed E-state index contributed by atoms with van der Waals surface area (Å²) in [7, 11) is -3.71. The van der Waals surface area contributed by atoms with Gasteiger partial charge in [-0.2, -0.15) is 0 Å². The van der Waals surface area contributed by atoms with Crippen molar-refractivity contribution in [3.8, 4) is 0 Å². The number of nitrogens with one attached hydrogen (secondary N) is 1. The van der Waals surface area contributed by atoms with Crippen LogP contribution in [0.5, 0.6) is 0 Å². The van der Waals surface area contributed by atoms with E-state index in [0.717, 1.165) is 16.1 Å². The van der Waals surface area contributed by atoms with Crippen molar-refractivity contribution in [2.24, 2.45) is 0 Å². The minimum absolute atomic E-state index is 0.0409. The van der Waals surface area contributed by atoms with Gasteiger partial charge in [0, 0.05) is 10.0 Å². The molecule has 2 rings (SSSR count). The monoisotopic (exact) mass is 456 g/mol. The zero-order valence-corrected chi connectivity index (χ0v) is 19.5. The van der Waals surface area contributed by atoms with Crippen LogP contribution in [0.1, 0.15) is 44.9 Å². The molecular weight excluding hydrogens is 431 g/mol. The van der Waals surface area contributed by atoms with Gasteiger partial charge in [0.1, 0.15) is 6.54 Å². The number of anilines is 1. The summed E-state index contributed by atoms with van der Waals surface area (Å²) < 4.78 is 25.5. The van der Waals surface area contributed by atoms with Gasteiger partial charge in [-0.05, 0) is 41.7 Å². The molecule has 0 aliphatic rings. The maximum atomic E-state index is 12.6. The Hall–Kier alpha value is -1.76. The minimum atomic E-state index is -3.71. The predicted molar refractivity (Wildman–Crippen MR) is 120 cm³/mol. The molecule has 1 amide bonds. The highest BCUT2D eigenvalue weighted by atomic mass is 35.5. The molecule has 2 aromatic carbocycles. The lowest BCUT2D eigenvalue weighted by Crippen LogP contribution is -2.41. The molecule has 1 atom stereocenters. The molecule has 0 aliphatic carbocycles. The second kappa shape index (κ2) is 8.94. The highest BCUT2D eigenvalue weighted by Gasteiger charge is 2.23. The van der Waals surface area contributed by atoms with Crippen LogP contribution in [-0.4, -0.2) is 27.1 Å². The highest BCUT2D eigenvalue weighted by Crippen LogP contribution is 2.27. The molecule has 0 spiro atoms. The van der Waals surface area contributed by atoms with Gasteiger partial charge in [0.15, 0.2) is 0 Å². The summed E-state index contributed by atoms with van der Waals surface area (Å²) in [6.07, 6.45) is 1.03. The Morgan fingerprint density at radius 1 is 1.07 bits per heavy atom. The molecule has 5 nitrogen and oxygen atoms in total. The molecule has 0 fully saturated rings. The minimum Gasteiger partial charge on any atom is -0.348 e. The van der Waals surface area contributed by atoms with Crippen LogP contribution in [0.15, 0.2) is 42.5 Å². The van der Waals surface area contributed by atoms with Crippen LogP contribution in [0, 0.1) is 0 Å². The van der Waals surface area contributed by atoms with Crippen LogP contribution in [-0.2, 0) is 20.2 Å². The first-order valence-electron chi connectivity index (χ1n) is 9.11. The van der Waals surface area contributed by atoms with Crippen molar-refractivity contribution in [1.82, 2.24) is 5.32 Å². The maximum absolute atomic E-state index is 12.6. The Morgan fingerprint density at radius 3 is 2.03 bits per heavy atom. The van der Waals surface area contributed by atoms with Crippen molar-refractivity contribution in [3.63, 3.8) is 0 Å². The molecule has 0 saturated heterocycles. The number of nitrogens with zero attached hydrogens (tertiary/aromatic N) is 1. The van der Waals surface area contributed by atoms with Gasteiger partial charge in [-0.15, -0.1) is 0 Å². The van der Waals surface area contributed by atoms with E-state index < -0.39 is 15.9 Å². The Bertz CT molecular complexity index is 964. The molecule has 8 heteroatoms. The number of benzene rings is 2. The average Bonchev–Trinajstić information content (AvgIpc) is 2.57. The number of carbonyl (C=O) groups excluding carboxylic acids is 1. The highest BCUT2D eigenvalue weighted by molar-refractivity contribution is 7.92. The van der Waals surface area contributed by atoms with Crippen LogP contribution >= 0.6 is 23.2 Å². The molecule has 29 heavy (non-hydrogen) atoms. The molecule has 1 N–H and O–H groups in total. The molecule has 2 aromatic rings. The largest absolute Gasteiger partial charge is 0.348 e. The Labute approximate surface area is 183 Å². The first-order valence-corrected chi connectivity index (χ1v) is 11.7. The number of hydrogen-bond acceptors (Lipinski definition) is 3. The second-order valence-corrected chi connectivity index (χ2v) is 10.8. The summed E-state index contributed by atoms with van der Waals surface area (Å²) in [5.74, 6) is -0.432. The topological polar surface area (TPSA) is 66.5 Å². The third-order valence-corrected chi connectivity index (χ3v) is 6.05. The molecule has 0 heterocycles. The fraction of sp³-hybridized carbons (Fsp3) is 0.381. The molecule has 0 bridgehead atoms. The molecular formula is C21H26Cl2N2O3S. The van der Waals surface area contributed by atoms with E-state index in [2.05, 4.69) is 26.1 Å². The molecule has 0 aliphatic heterocycles.